The van der Waals surface area contributed by atoms with Crippen molar-refractivity contribution in [3.63, 3.8) is 0 Å². The van der Waals surface area contributed by atoms with E-state index in [1.54, 1.807) is 0 Å². The molecule has 17 heavy (non-hydrogen) atoms. The van der Waals surface area contributed by atoms with Gasteiger partial charge >= 0.3 is 0 Å². The van der Waals surface area contributed by atoms with Crippen LogP contribution in [0.1, 0.15) is 39.5 Å². The van der Waals surface area contributed by atoms with Gasteiger partial charge in [-0.3, -0.25) is 0 Å². The number of nitrogens with one attached hydrogen (secondary N) is 1. The fraction of sp³-hybridized carbons (Fsp3) is 1.00. The first-order chi connectivity index (χ1) is 8.17. The summed E-state index contributed by atoms with van der Waals surface area (Å²) >= 11 is 1.98. The molecule has 0 amide bonds. The standard InChI is InChI=1S/C14H30N2S/c1-5-7-14(8-9-15-11-14)12-16(3)13(6-2)10-17-4/h13,15H,5-12H2,1-4H3. The molecule has 1 aliphatic heterocycles. The Morgan fingerprint density at radius 3 is 2.65 bits per heavy atom. The Labute approximate surface area is 112 Å². The van der Waals surface area contributed by atoms with Gasteiger partial charge in [0.2, 0.25) is 0 Å². The zero-order valence-corrected chi connectivity index (χ0v) is 12.9. The Hall–Kier alpha value is 0.270. The molecule has 0 spiro atoms. The van der Waals surface area contributed by atoms with Gasteiger partial charge in [0.15, 0.2) is 0 Å². The van der Waals surface area contributed by atoms with Crippen LogP contribution in [0.15, 0.2) is 0 Å². The van der Waals surface area contributed by atoms with Crippen LogP contribution in [0.5, 0.6) is 0 Å². The van der Waals surface area contributed by atoms with E-state index in [1.807, 2.05) is 11.8 Å². The van der Waals surface area contributed by atoms with Gasteiger partial charge in [0.25, 0.3) is 0 Å². The van der Waals surface area contributed by atoms with E-state index in [4.69, 9.17) is 0 Å². The third-order valence-corrected chi connectivity index (χ3v) is 4.87. The molecule has 2 atom stereocenters. The maximum absolute atomic E-state index is 3.56. The molecule has 2 nitrogen and oxygen atoms in total. The van der Waals surface area contributed by atoms with Crippen LogP contribution in [0.4, 0.5) is 0 Å². The number of rotatable bonds is 8. The minimum Gasteiger partial charge on any atom is -0.316 e. The zero-order valence-electron chi connectivity index (χ0n) is 12.1. The molecule has 1 N–H and O–H groups in total. The van der Waals surface area contributed by atoms with Crippen LogP contribution in [0, 0.1) is 5.41 Å². The van der Waals surface area contributed by atoms with Crippen molar-refractivity contribution in [3.05, 3.63) is 0 Å². The van der Waals surface area contributed by atoms with Gasteiger partial charge in [-0.2, -0.15) is 11.8 Å². The van der Waals surface area contributed by atoms with E-state index in [1.165, 1.54) is 51.1 Å². The van der Waals surface area contributed by atoms with Gasteiger partial charge in [-0.15, -0.1) is 0 Å². The van der Waals surface area contributed by atoms with Gasteiger partial charge in [-0.1, -0.05) is 20.3 Å². The monoisotopic (exact) mass is 258 g/mol. The lowest BCUT2D eigenvalue weighted by molar-refractivity contribution is 0.144. The minimum atomic E-state index is 0.551. The van der Waals surface area contributed by atoms with Crippen LogP contribution in [-0.2, 0) is 0 Å². The lowest BCUT2D eigenvalue weighted by Gasteiger charge is -2.36. The highest BCUT2D eigenvalue weighted by atomic mass is 32.2. The Balaban J connectivity index is 2.53. The normalized spacial score (nSPS) is 26.6. The number of thioether (sulfide) groups is 1. The summed E-state index contributed by atoms with van der Waals surface area (Å²) in [6.07, 6.45) is 7.54. The Morgan fingerprint density at radius 1 is 1.41 bits per heavy atom. The Morgan fingerprint density at radius 2 is 2.18 bits per heavy atom. The first kappa shape index (κ1) is 15.3. The Bertz CT molecular complexity index is 202. The maximum atomic E-state index is 3.56. The van der Waals surface area contributed by atoms with Crippen molar-refractivity contribution < 1.29 is 0 Å². The largest absolute Gasteiger partial charge is 0.316 e. The van der Waals surface area contributed by atoms with Crippen LogP contribution in [0.3, 0.4) is 0 Å². The number of nitrogens with zero attached hydrogens (tertiary/aromatic N) is 1. The fourth-order valence-electron chi connectivity index (χ4n) is 3.16. The van der Waals surface area contributed by atoms with E-state index in [2.05, 4.69) is 37.4 Å². The van der Waals surface area contributed by atoms with Gasteiger partial charge in [0.1, 0.15) is 0 Å². The SMILES string of the molecule is CCCC1(CN(C)C(CC)CSC)CCNC1. The highest BCUT2D eigenvalue weighted by Gasteiger charge is 2.34. The zero-order chi connectivity index (χ0) is 12.7. The van der Waals surface area contributed by atoms with Crippen LogP contribution in [0.2, 0.25) is 0 Å². The van der Waals surface area contributed by atoms with Crippen molar-refractivity contribution >= 4 is 11.8 Å². The summed E-state index contributed by atoms with van der Waals surface area (Å²) in [6, 6.07) is 0.749. The maximum Gasteiger partial charge on any atom is 0.0180 e. The lowest BCUT2D eigenvalue weighted by atomic mass is 9.81. The molecule has 3 heteroatoms. The molecular formula is C14H30N2S. The van der Waals surface area contributed by atoms with Crippen molar-refractivity contribution in [2.24, 2.45) is 5.41 Å². The summed E-state index contributed by atoms with van der Waals surface area (Å²) in [4.78, 5) is 2.61. The summed E-state index contributed by atoms with van der Waals surface area (Å²) in [5, 5.41) is 3.56. The minimum absolute atomic E-state index is 0.551. The topological polar surface area (TPSA) is 15.3 Å². The molecule has 0 radical (unpaired) electrons. The highest BCUT2D eigenvalue weighted by Crippen LogP contribution is 2.32. The summed E-state index contributed by atoms with van der Waals surface area (Å²) in [5.74, 6) is 1.27. The highest BCUT2D eigenvalue weighted by molar-refractivity contribution is 7.98. The smallest absolute Gasteiger partial charge is 0.0180 e. The Kier molecular flexibility index (Phi) is 6.90. The number of hydrogen-bond donors (Lipinski definition) is 1. The average Bonchev–Trinajstić information content (AvgIpc) is 2.74. The summed E-state index contributed by atoms with van der Waals surface area (Å²) in [6.45, 7) is 8.34. The van der Waals surface area contributed by atoms with E-state index >= 15 is 0 Å². The van der Waals surface area contributed by atoms with Gasteiger partial charge in [-0.05, 0) is 44.5 Å². The number of hydrogen-bond acceptors (Lipinski definition) is 3. The predicted octanol–water partition coefficient (Wildman–Crippen LogP) is 2.84. The molecule has 0 bridgehead atoms. The van der Waals surface area contributed by atoms with Crippen molar-refractivity contribution in [2.45, 2.75) is 45.6 Å². The quantitative estimate of drug-likeness (QED) is 0.721. The fourth-order valence-corrected chi connectivity index (χ4v) is 4.04. The first-order valence-corrected chi connectivity index (χ1v) is 8.46. The molecule has 2 unspecified atom stereocenters. The second-order valence-corrected chi connectivity index (χ2v) is 6.52. The third kappa shape index (κ3) is 4.46. The molecule has 1 rings (SSSR count). The second-order valence-electron chi connectivity index (χ2n) is 5.61. The van der Waals surface area contributed by atoms with E-state index < -0.39 is 0 Å². The summed E-state index contributed by atoms with van der Waals surface area (Å²) in [7, 11) is 2.32. The molecule has 0 saturated carbocycles. The van der Waals surface area contributed by atoms with Crippen molar-refractivity contribution in [2.75, 3.05) is 38.7 Å². The van der Waals surface area contributed by atoms with Crippen LogP contribution in [0.25, 0.3) is 0 Å². The predicted molar refractivity (Wildman–Crippen MR) is 79.9 cm³/mol. The molecule has 102 valence electrons. The molecule has 1 aliphatic rings. The van der Waals surface area contributed by atoms with Crippen molar-refractivity contribution in [1.29, 1.82) is 0 Å². The van der Waals surface area contributed by atoms with Crippen LogP contribution >= 0.6 is 11.8 Å². The van der Waals surface area contributed by atoms with Gasteiger partial charge in [0.05, 0.1) is 0 Å². The third-order valence-electron chi connectivity index (χ3n) is 4.15. The van der Waals surface area contributed by atoms with E-state index in [0.29, 0.717) is 5.41 Å². The molecule has 0 aromatic rings. The molecule has 0 aromatic carbocycles. The molecular weight excluding hydrogens is 228 g/mol. The van der Waals surface area contributed by atoms with Gasteiger partial charge < -0.3 is 10.2 Å². The molecule has 1 fully saturated rings. The lowest BCUT2D eigenvalue weighted by Crippen LogP contribution is -2.43. The van der Waals surface area contributed by atoms with E-state index in [9.17, 15) is 0 Å². The first-order valence-electron chi connectivity index (χ1n) is 7.07. The molecule has 1 heterocycles. The summed E-state index contributed by atoms with van der Waals surface area (Å²) in [5.41, 5.74) is 0.551. The molecule has 1 saturated heterocycles. The molecule has 0 aliphatic carbocycles. The average molecular weight is 258 g/mol. The molecule has 0 aromatic heterocycles. The summed E-state index contributed by atoms with van der Waals surface area (Å²) < 4.78 is 0. The van der Waals surface area contributed by atoms with Crippen molar-refractivity contribution in [3.8, 4) is 0 Å². The van der Waals surface area contributed by atoms with E-state index in [0.717, 1.165) is 6.04 Å². The van der Waals surface area contributed by atoms with Gasteiger partial charge in [0, 0.05) is 24.9 Å². The van der Waals surface area contributed by atoms with Gasteiger partial charge in [-0.25, -0.2) is 0 Å². The van der Waals surface area contributed by atoms with E-state index in [-0.39, 0.29) is 0 Å². The van der Waals surface area contributed by atoms with Crippen LogP contribution in [-0.4, -0.2) is 49.6 Å². The second kappa shape index (κ2) is 7.65. The van der Waals surface area contributed by atoms with Crippen LogP contribution < -0.4 is 5.32 Å². The van der Waals surface area contributed by atoms with Crippen molar-refractivity contribution in [1.82, 2.24) is 10.2 Å².